The summed E-state index contributed by atoms with van der Waals surface area (Å²) in [4.78, 5) is 4.47. The molecule has 112 valence electrons. The molecule has 0 spiro atoms. The van der Waals surface area contributed by atoms with Gasteiger partial charge in [-0.2, -0.15) is 0 Å². The first-order valence-electron chi connectivity index (χ1n) is 7.59. The Kier molecular flexibility index (Phi) is 5.11. The second-order valence-electron chi connectivity index (χ2n) is 5.79. The van der Waals surface area contributed by atoms with Crippen LogP contribution in [0, 0.1) is 12.8 Å². The lowest BCUT2D eigenvalue weighted by molar-refractivity contribution is 0.834. The number of hydrogen-bond acceptors (Lipinski definition) is 1. The minimum absolute atomic E-state index is 0.465. The molecule has 0 N–H and O–H groups in total. The van der Waals surface area contributed by atoms with Crippen LogP contribution in [-0.4, -0.2) is 4.98 Å². The number of benzene rings is 1. The van der Waals surface area contributed by atoms with Crippen molar-refractivity contribution in [3.8, 4) is 0 Å². The van der Waals surface area contributed by atoms with Gasteiger partial charge >= 0.3 is 0 Å². The maximum absolute atomic E-state index is 4.47. The number of hydrogen-bond donors (Lipinski definition) is 0. The molecule has 1 heteroatoms. The number of fused-ring (bicyclic) bond motifs is 1. The second-order valence-corrected chi connectivity index (χ2v) is 5.79. The van der Waals surface area contributed by atoms with Gasteiger partial charge < -0.3 is 0 Å². The molecule has 2 rings (SSSR count). The Morgan fingerprint density at radius 3 is 2.55 bits per heavy atom. The lowest BCUT2D eigenvalue weighted by Crippen LogP contribution is -1.91. The van der Waals surface area contributed by atoms with E-state index in [1.807, 2.05) is 24.4 Å². The molecule has 0 radical (unpaired) electrons. The first-order chi connectivity index (χ1) is 10.5. The van der Waals surface area contributed by atoms with Crippen molar-refractivity contribution in [1.29, 1.82) is 0 Å². The number of rotatable bonds is 5. The first-order valence-corrected chi connectivity index (χ1v) is 7.59. The third-order valence-corrected chi connectivity index (χ3v) is 3.54. The zero-order chi connectivity index (χ0) is 16.1. The van der Waals surface area contributed by atoms with Gasteiger partial charge in [0.15, 0.2) is 0 Å². The van der Waals surface area contributed by atoms with Crippen molar-refractivity contribution in [2.24, 2.45) is 5.92 Å². The molecule has 22 heavy (non-hydrogen) atoms. The van der Waals surface area contributed by atoms with Crippen LogP contribution in [0.3, 0.4) is 0 Å². The predicted octanol–water partition coefficient (Wildman–Crippen LogP) is 5.88. The van der Waals surface area contributed by atoms with Crippen LogP contribution < -0.4 is 0 Å². The Morgan fingerprint density at radius 1 is 1.18 bits per heavy atom. The Bertz CT molecular complexity index is 751. The fourth-order valence-electron chi connectivity index (χ4n) is 2.51. The standard InChI is InChI=1S/C21H23N/c1-6-17(7-2)13-19(11-15(3)4)20-12-16(5)21-18(14-20)9-8-10-22-21/h6-15H,1-2H2,3-5H3/b19-11+. The van der Waals surface area contributed by atoms with Gasteiger partial charge in [-0.1, -0.05) is 51.3 Å². The van der Waals surface area contributed by atoms with Crippen molar-refractivity contribution in [2.45, 2.75) is 20.8 Å². The maximum atomic E-state index is 4.47. The minimum atomic E-state index is 0.465. The van der Waals surface area contributed by atoms with Crippen LogP contribution in [0.4, 0.5) is 0 Å². The van der Waals surface area contributed by atoms with Crippen LogP contribution >= 0.6 is 0 Å². The van der Waals surface area contributed by atoms with E-state index in [-0.39, 0.29) is 0 Å². The normalized spacial score (nSPS) is 11.5. The molecule has 1 aromatic heterocycles. The Balaban J connectivity index is 2.64. The van der Waals surface area contributed by atoms with Gasteiger partial charge in [0.05, 0.1) is 5.52 Å². The molecule has 2 aromatic rings. The van der Waals surface area contributed by atoms with E-state index in [0.717, 1.165) is 11.1 Å². The second kappa shape index (κ2) is 7.04. The third-order valence-electron chi connectivity index (χ3n) is 3.54. The molecule has 0 atom stereocenters. The number of aromatic nitrogens is 1. The minimum Gasteiger partial charge on any atom is -0.256 e. The molecular weight excluding hydrogens is 266 g/mol. The Hall–Kier alpha value is -2.41. The molecule has 0 aliphatic heterocycles. The fourth-order valence-corrected chi connectivity index (χ4v) is 2.51. The predicted molar refractivity (Wildman–Crippen MR) is 97.8 cm³/mol. The summed E-state index contributed by atoms with van der Waals surface area (Å²) < 4.78 is 0. The average Bonchev–Trinajstić information content (AvgIpc) is 2.51. The van der Waals surface area contributed by atoms with Gasteiger partial charge in [0.25, 0.3) is 0 Å². The molecule has 0 saturated carbocycles. The highest BCUT2D eigenvalue weighted by atomic mass is 14.6. The monoisotopic (exact) mass is 289 g/mol. The topological polar surface area (TPSA) is 12.9 Å². The molecule has 0 fully saturated rings. The summed E-state index contributed by atoms with van der Waals surface area (Å²) in [6.07, 6.45) is 9.90. The van der Waals surface area contributed by atoms with Crippen molar-refractivity contribution in [1.82, 2.24) is 4.98 Å². The van der Waals surface area contributed by atoms with Crippen LogP contribution in [-0.2, 0) is 0 Å². The number of allylic oxidation sites excluding steroid dienone is 6. The third kappa shape index (κ3) is 3.62. The molecule has 1 nitrogen and oxygen atoms in total. The summed E-state index contributed by atoms with van der Waals surface area (Å²) in [5.74, 6) is 0.465. The van der Waals surface area contributed by atoms with E-state index < -0.39 is 0 Å². The van der Waals surface area contributed by atoms with Crippen molar-refractivity contribution >= 4 is 16.5 Å². The van der Waals surface area contributed by atoms with Gasteiger partial charge in [0.2, 0.25) is 0 Å². The van der Waals surface area contributed by atoms with Crippen LogP contribution in [0.5, 0.6) is 0 Å². The molecular formula is C21H23N. The quantitative estimate of drug-likeness (QED) is 0.626. The lowest BCUT2D eigenvalue weighted by atomic mass is 9.96. The molecule has 0 saturated heterocycles. The Morgan fingerprint density at radius 2 is 1.91 bits per heavy atom. The van der Waals surface area contributed by atoms with E-state index >= 15 is 0 Å². The number of pyridine rings is 1. The highest BCUT2D eigenvalue weighted by Gasteiger charge is 2.06. The molecule has 1 heterocycles. The van der Waals surface area contributed by atoms with E-state index in [0.29, 0.717) is 5.92 Å². The first kappa shape index (κ1) is 16.0. The number of aryl methyl sites for hydroxylation is 1. The number of nitrogens with zero attached hydrogens (tertiary/aromatic N) is 1. The summed E-state index contributed by atoms with van der Waals surface area (Å²) in [5, 5.41) is 1.17. The maximum Gasteiger partial charge on any atom is 0.0731 e. The molecule has 1 aromatic carbocycles. The summed E-state index contributed by atoms with van der Waals surface area (Å²) in [6, 6.07) is 8.48. The van der Waals surface area contributed by atoms with E-state index in [9.17, 15) is 0 Å². The molecule has 0 aliphatic carbocycles. The Labute approximate surface area is 133 Å². The summed E-state index contributed by atoms with van der Waals surface area (Å²) in [7, 11) is 0. The average molecular weight is 289 g/mol. The molecule has 0 unspecified atom stereocenters. The largest absolute Gasteiger partial charge is 0.256 e. The smallest absolute Gasteiger partial charge is 0.0731 e. The summed E-state index contributed by atoms with van der Waals surface area (Å²) in [5.41, 5.74) is 5.67. The fraction of sp³-hybridized carbons (Fsp3) is 0.190. The van der Waals surface area contributed by atoms with Gasteiger partial charge in [0, 0.05) is 11.6 Å². The van der Waals surface area contributed by atoms with Crippen molar-refractivity contribution in [3.05, 3.63) is 84.6 Å². The summed E-state index contributed by atoms with van der Waals surface area (Å²) in [6.45, 7) is 14.2. The van der Waals surface area contributed by atoms with Crippen LogP contribution in [0.15, 0.2) is 73.5 Å². The van der Waals surface area contributed by atoms with Crippen molar-refractivity contribution in [3.63, 3.8) is 0 Å². The SMILES string of the molecule is C=CC(C=C)=C/C(=C\C(C)C)c1cc(C)c2ncccc2c1. The van der Waals surface area contributed by atoms with Gasteiger partial charge in [-0.05, 0) is 59.4 Å². The van der Waals surface area contributed by atoms with E-state index in [4.69, 9.17) is 0 Å². The van der Waals surface area contributed by atoms with Crippen LogP contribution in [0.1, 0.15) is 25.0 Å². The molecule has 0 amide bonds. The molecule has 0 bridgehead atoms. The van der Waals surface area contributed by atoms with Crippen molar-refractivity contribution in [2.75, 3.05) is 0 Å². The zero-order valence-electron chi connectivity index (χ0n) is 13.6. The zero-order valence-corrected chi connectivity index (χ0v) is 13.6. The van der Waals surface area contributed by atoms with Crippen LogP contribution in [0.2, 0.25) is 0 Å². The summed E-state index contributed by atoms with van der Waals surface area (Å²) >= 11 is 0. The highest BCUT2D eigenvalue weighted by molar-refractivity contribution is 5.88. The van der Waals surface area contributed by atoms with Gasteiger partial charge in [0.1, 0.15) is 0 Å². The lowest BCUT2D eigenvalue weighted by Gasteiger charge is -2.10. The van der Waals surface area contributed by atoms with E-state index in [2.05, 4.69) is 69.3 Å². The molecule has 0 aliphatic rings. The van der Waals surface area contributed by atoms with Crippen LogP contribution in [0.25, 0.3) is 16.5 Å². The van der Waals surface area contributed by atoms with Crippen molar-refractivity contribution < 1.29 is 0 Å². The van der Waals surface area contributed by atoms with E-state index in [1.165, 1.54) is 22.1 Å². The van der Waals surface area contributed by atoms with Gasteiger partial charge in [-0.3, -0.25) is 4.98 Å². The highest BCUT2D eigenvalue weighted by Crippen LogP contribution is 2.26. The van der Waals surface area contributed by atoms with Gasteiger partial charge in [-0.15, -0.1) is 0 Å². The van der Waals surface area contributed by atoms with Gasteiger partial charge in [-0.25, -0.2) is 0 Å². The van der Waals surface area contributed by atoms with E-state index in [1.54, 1.807) is 0 Å².